The van der Waals surface area contributed by atoms with Crippen LogP contribution < -0.4 is 19.6 Å². The summed E-state index contributed by atoms with van der Waals surface area (Å²) in [6.07, 6.45) is 0. The fraction of sp³-hybridized carbons (Fsp3) is 0. The summed E-state index contributed by atoms with van der Waals surface area (Å²) in [6.45, 7) is 0. The molecule has 4 aliphatic rings. The zero-order chi connectivity index (χ0) is 47.7. The predicted molar refractivity (Wildman–Crippen MR) is 263 cm³/mol. The van der Waals surface area contributed by atoms with Crippen molar-refractivity contribution in [3.8, 4) is 22.3 Å². The Balaban J connectivity index is 1.08. The molecule has 0 spiro atoms. The summed E-state index contributed by atoms with van der Waals surface area (Å²) >= 11 is 0. The molecule has 12 heteroatoms. The van der Waals surface area contributed by atoms with E-state index in [1.54, 1.807) is 158 Å². The maximum Gasteiger partial charge on any atom is 0.266 e. The topological polar surface area (TPSA) is 150 Å². The van der Waals surface area contributed by atoms with Gasteiger partial charge >= 0.3 is 0 Å². The van der Waals surface area contributed by atoms with Crippen LogP contribution in [0.2, 0.25) is 0 Å². The molecule has 0 unspecified atom stereocenters. The maximum absolute atomic E-state index is 15.2. The Labute approximate surface area is 396 Å². The molecule has 8 amide bonds. The second kappa shape index (κ2) is 14.8. The van der Waals surface area contributed by atoms with Crippen molar-refractivity contribution in [2.24, 2.45) is 0 Å². The molecule has 0 saturated heterocycles. The van der Waals surface area contributed by atoms with Gasteiger partial charge in [0, 0.05) is 54.9 Å². The predicted octanol–water partition coefficient (Wildman–Crippen LogP) is 10.5. The van der Waals surface area contributed by atoms with E-state index in [2.05, 4.69) is 0 Å². The van der Waals surface area contributed by atoms with Gasteiger partial charge in [-0.05, 0) is 113 Å². The van der Waals surface area contributed by atoms with Gasteiger partial charge in [-0.2, -0.15) is 0 Å². The molecule has 0 bridgehead atoms. The summed E-state index contributed by atoms with van der Waals surface area (Å²) in [5, 5.41) is 0.658. The lowest BCUT2D eigenvalue weighted by Crippen LogP contribution is -2.44. The molecule has 9 aromatic rings. The lowest BCUT2D eigenvalue weighted by molar-refractivity contribution is 0.0873. The van der Waals surface area contributed by atoms with Crippen LogP contribution >= 0.6 is 0 Å². The fourth-order valence-electron chi connectivity index (χ4n) is 10.5. The van der Waals surface area contributed by atoms with Crippen molar-refractivity contribution in [3.63, 3.8) is 0 Å². The first-order valence-corrected chi connectivity index (χ1v) is 22.3. The Morgan fingerprint density at radius 3 is 0.800 bits per heavy atom. The summed E-state index contributed by atoms with van der Waals surface area (Å²) in [4.78, 5) is 122. The number of para-hydroxylation sites is 4. The highest BCUT2D eigenvalue weighted by molar-refractivity contribution is 6.45. The number of nitrogens with zero attached hydrogens (tertiary/aromatic N) is 4. The molecule has 9 aromatic carbocycles. The SMILES string of the molecule is O=C1c2ccc3c4c(c(-c5cccc(-c6cc7c8c(ccc9c8c6C(=O)N(c6ccccc6)C9=O)C(=O)N(c6ccccc6)C7=O)c5)cc(c24)C(=O)N1c1ccccc1)C(=O)N(c1ccccc1)C3=O. The van der Waals surface area contributed by atoms with Crippen molar-refractivity contribution in [1.29, 1.82) is 0 Å². The minimum atomic E-state index is -0.691. The molecule has 4 aliphatic heterocycles. The molecule has 0 atom stereocenters. The summed E-state index contributed by atoms with van der Waals surface area (Å²) < 4.78 is 0. The fourth-order valence-corrected chi connectivity index (χ4v) is 10.5. The number of rotatable bonds is 6. The third-order valence-electron chi connectivity index (χ3n) is 13.5. The van der Waals surface area contributed by atoms with Crippen molar-refractivity contribution in [2.45, 2.75) is 0 Å². The Hall–Kier alpha value is -9.94. The largest absolute Gasteiger partial charge is 0.268 e. The van der Waals surface area contributed by atoms with E-state index in [4.69, 9.17) is 0 Å². The van der Waals surface area contributed by atoms with E-state index >= 15 is 9.59 Å². The lowest BCUT2D eigenvalue weighted by atomic mass is 9.80. The molecule has 4 heterocycles. The summed E-state index contributed by atoms with van der Waals surface area (Å²) in [7, 11) is 0. The van der Waals surface area contributed by atoms with E-state index in [1.165, 1.54) is 24.3 Å². The van der Waals surface area contributed by atoms with Gasteiger partial charge in [0.25, 0.3) is 47.3 Å². The highest BCUT2D eigenvalue weighted by Crippen LogP contribution is 2.48. The zero-order valence-electron chi connectivity index (χ0n) is 36.4. The number of amides is 8. The molecule has 0 aliphatic carbocycles. The van der Waals surface area contributed by atoms with Gasteiger partial charge in [-0.3, -0.25) is 38.4 Å². The van der Waals surface area contributed by atoms with E-state index in [0.29, 0.717) is 33.9 Å². The average Bonchev–Trinajstić information content (AvgIpc) is 3.39. The lowest BCUT2D eigenvalue weighted by Gasteiger charge is -2.33. The molecule has 0 fully saturated rings. The Morgan fingerprint density at radius 1 is 0.214 bits per heavy atom. The second-order valence-corrected chi connectivity index (χ2v) is 17.2. The van der Waals surface area contributed by atoms with Gasteiger partial charge in [0.1, 0.15) is 0 Å². The zero-order valence-corrected chi connectivity index (χ0v) is 36.4. The van der Waals surface area contributed by atoms with E-state index in [9.17, 15) is 28.8 Å². The van der Waals surface area contributed by atoms with E-state index < -0.39 is 47.3 Å². The molecule has 12 nitrogen and oxygen atoms in total. The molecule has 13 rings (SSSR count). The first-order valence-electron chi connectivity index (χ1n) is 22.3. The minimum Gasteiger partial charge on any atom is -0.268 e. The highest BCUT2D eigenvalue weighted by atomic mass is 16.2. The standard InChI is InChI=1S/C58H30N4O8/c63-51-37-24-26-39-47-45(37)43(55(67)59(51)33-16-5-1-6-17-33)29-41(49(47)57(69)61(53(39)65)35-20-9-3-10-21-35)31-14-13-15-32(28-31)42-30-44-46-38(52(64)60(56(44)68)34-18-7-2-8-19-34)25-27-40-48(46)50(42)58(70)62(54(40)66)36-22-11-4-12-23-36/h1-30H. The molecular weight excluding hydrogens is 881 g/mol. The molecule has 70 heavy (non-hydrogen) atoms. The number of carbonyl (C=O) groups excluding carboxylic acids is 8. The van der Waals surface area contributed by atoms with Crippen LogP contribution in [0.25, 0.3) is 43.8 Å². The number of anilines is 4. The van der Waals surface area contributed by atoms with Gasteiger partial charge < -0.3 is 0 Å². The third-order valence-corrected chi connectivity index (χ3v) is 13.5. The monoisotopic (exact) mass is 910 g/mol. The number of hydrogen-bond donors (Lipinski definition) is 0. The highest BCUT2D eigenvalue weighted by Gasteiger charge is 2.45. The molecule has 0 aromatic heterocycles. The van der Waals surface area contributed by atoms with Crippen LogP contribution in [-0.2, 0) is 0 Å². The van der Waals surface area contributed by atoms with E-state index in [0.717, 1.165) is 19.6 Å². The molecule has 0 saturated carbocycles. The summed E-state index contributed by atoms with van der Waals surface area (Å²) in [6, 6.07) is 49.9. The third kappa shape index (κ3) is 5.46. The minimum absolute atomic E-state index is 0.0657. The van der Waals surface area contributed by atoms with E-state index in [-0.39, 0.29) is 77.2 Å². The normalized spacial score (nSPS) is 15.0. The van der Waals surface area contributed by atoms with Gasteiger partial charge in [0.15, 0.2) is 0 Å². The smallest absolute Gasteiger partial charge is 0.266 e. The van der Waals surface area contributed by atoms with Gasteiger partial charge in [0.05, 0.1) is 33.9 Å². The van der Waals surface area contributed by atoms with Crippen molar-refractivity contribution >= 4 is 91.6 Å². The molecule has 0 N–H and O–H groups in total. The quantitative estimate of drug-likeness (QED) is 0.150. The van der Waals surface area contributed by atoms with Gasteiger partial charge in [-0.1, -0.05) is 91.0 Å². The van der Waals surface area contributed by atoms with Crippen molar-refractivity contribution in [1.82, 2.24) is 0 Å². The van der Waals surface area contributed by atoms with Crippen molar-refractivity contribution in [2.75, 3.05) is 19.6 Å². The van der Waals surface area contributed by atoms with Gasteiger partial charge in [-0.25, -0.2) is 19.6 Å². The van der Waals surface area contributed by atoms with Crippen LogP contribution in [-0.4, -0.2) is 47.3 Å². The Kier molecular flexibility index (Phi) is 8.52. The number of imide groups is 4. The average molecular weight is 911 g/mol. The number of carbonyl (C=O) groups is 8. The first-order chi connectivity index (χ1) is 34.1. The first kappa shape index (κ1) is 40.3. The van der Waals surface area contributed by atoms with Crippen LogP contribution in [0, 0.1) is 0 Å². The molecule has 330 valence electrons. The number of benzene rings is 9. The van der Waals surface area contributed by atoms with Gasteiger partial charge in [-0.15, -0.1) is 0 Å². The number of hydrogen-bond acceptors (Lipinski definition) is 8. The van der Waals surface area contributed by atoms with E-state index in [1.807, 2.05) is 0 Å². The van der Waals surface area contributed by atoms with Crippen LogP contribution in [0.3, 0.4) is 0 Å². The van der Waals surface area contributed by atoms with Crippen LogP contribution in [0.4, 0.5) is 22.7 Å². The Morgan fingerprint density at radius 2 is 0.486 bits per heavy atom. The summed E-state index contributed by atoms with van der Waals surface area (Å²) in [5.41, 5.74) is 3.33. The van der Waals surface area contributed by atoms with Crippen molar-refractivity contribution < 1.29 is 38.4 Å². The molecule has 0 radical (unpaired) electrons. The van der Waals surface area contributed by atoms with Crippen LogP contribution in [0.5, 0.6) is 0 Å². The van der Waals surface area contributed by atoms with Crippen LogP contribution in [0.15, 0.2) is 182 Å². The summed E-state index contributed by atoms with van der Waals surface area (Å²) in [5.74, 6) is -5.22. The van der Waals surface area contributed by atoms with Crippen LogP contribution in [0.1, 0.15) is 82.9 Å². The maximum atomic E-state index is 15.2. The second-order valence-electron chi connectivity index (χ2n) is 17.2. The molecular formula is C58H30N4O8. The van der Waals surface area contributed by atoms with Gasteiger partial charge in [0.2, 0.25) is 0 Å². The van der Waals surface area contributed by atoms with Crippen molar-refractivity contribution in [3.05, 3.63) is 226 Å². The Bertz CT molecular complexity index is 3700.